The fourth-order valence-corrected chi connectivity index (χ4v) is 3.86. The number of hydrogen-bond donors (Lipinski definition) is 2. The van der Waals surface area contributed by atoms with Crippen molar-refractivity contribution in [3.63, 3.8) is 0 Å². The van der Waals surface area contributed by atoms with Gasteiger partial charge in [0.05, 0.1) is 11.5 Å². The SMILES string of the molecule is O=C(NC1CCC(C(=O)O)CC1)c1csc(-c2ccc(C(F)(F)F)cc2)n1. The van der Waals surface area contributed by atoms with Crippen LogP contribution >= 0.6 is 11.3 Å². The maximum Gasteiger partial charge on any atom is 0.416 e. The summed E-state index contributed by atoms with van der Waals surface area (Å²) in [5.74, 6) is -1.52. The summed E-state index contributed by atoms with van der Waals surface area (Å²) in [6.07, 6.45) is -2.16. The molecular weight excluding hydrogens is 381 g/mol. The average molecular weight is 398 g/mol. The molecule has 1 heterocycles. The van der Waals surface area contributed by atoms with Gasteiger partial charge in [-0.15, -0.1) is 11.3 Å². The van der Waals surface area contributed by atoms with Gasteiger partial charge in [-0.05, 0) is 37.8 Å². The van der Waals surface area contributed by atoms with E-state index in [1.54, 1.807) is 5.38 Å². The first-order valence-corrected chi connectivity index (χ1v) is 9.29. The van der Waals surface area contributed by atoms with E-state index in [1.807, 2.05) is 0 Å². The molecule has 9 heteroatoms. The molecule has 5 nitrogen and oxygen atoms in total. The van der Waals surface area contributed by atoms with Crippen molar-refractivity contribution in [2.24, 2.45) is 5.92 Å². The van der Waals surface area contributed by atoms with Crippen LogP contribution < -0.4 is 5.32 Å². The van der Waals surface area contributed by atoms with Gasteiger partial charge in [0.15, 0.2) is 0 Å². The number of carboxylic acid groups (broad SMARTS) is 1. The number of carboxylic acids is 1. The van der Waals surface area contributed by atoms with Gasteiger partial charge >= 0.3 is 12.1 Å². The van der Waals surface area contributed by atoms with Crippen molar-refractivity contribution in [3.8, 4) is 10.6 Å². The number of aromatic nitrogens is 1. The van der Waals surface area contributed by atoms with Gasteiger partial charge in [0.2, 0.25) is 0 Å². The molecule has 1 aliphatic rings. The number of hydrogen-bond acceptors (Lipinski definition) is 4. The fourth-order valence-electron chi connectivity index (χ4n) is 3.06. The van der Waals surface area contributed by atoms with E-state index in [-0.39, 0.29) is 23.6 Å². The zero-order chi connectivity index (χ0) is 19.6. The van der Waals surface area contributed by atoms with Crippen molar-refractivity contribution >= 4 is 23.2 Å². The lowest BCUT2D eigenvalue weighted by atomic mass is 9.86. The van der Waals surface area contributed by atoms with Gasteiger partial charge in [-0.25, -0.2) is 4.98 Å². The molecule has 144 valence electrons. The predicted molar refractivity (Wildman–Crippen MR) is 93.4 cm³/mol. The number of thiazole rings is 1. The summed E-state index contributed by atoms with van der Waals surface area (Å²) in [5.41, 5.74) is -0.0259. The van der Waals surface area contributed by atoms with Gasteiger partial charge in [0, 0.05) is 17.0 Å². The van der Waals surface area contributed by atoms with Crippen LogP contribution in [-0.2, 0) is 11.0 Å². The van der Waals surface area contributed by atoms with Crippen LogP contribution in [0.2, 0.25) is 0 Å². The van der Waals surface area contributed by atoms with Gasteiger partial charge in [-0.1, -0.05) is 12.1 Å². The van der Waals surface area contributed by atoms with E-state index >= 15 is 0 Å². The molecule has 0 radical (unpaired) electrons. The molecule has 27 heavy (non-hydrogen) atoms. The average Bonchev–Trinajstić information content (AvgIpc) is 3.12. The third-order valence-corrected chi connectivity index (χ3v) is 5.50. The van der Waals surface area contributed by atoms with Gasteiger partial charge < -0.3 is 10.4 Å². The molecule has 0 spiro atoms. The molecule has 0 atom stereocenters. The topological polar surface area (TPSA) is 79.3 Å². The number of benzene rings is 1. The van der Waals surface area contributed by atoms with Crippen molar-refractivity contribution < 1.29 is 27.9 Å². The van der Waals surface area contributed by atoms with Crippen molar-refractivity contribution in [1.29, 1.82) is 0 Å². The molecule has 1 saturated carbocycles. The molecule has 0 saturated heterocycles. The number of halogens is 3. The molecule has 2 aromatic rings. The Balaban J connectivity index is 1.62. The van der Waals surface area contributed by atoms with Crippen LogP contribution in [0.4, 0.5) is 13.2 Å². The molecule has 1 aromatic heterocycles. The van der Waals surface area contributed by atoms with E-state index in [0.29, 0.717) is 36.3 Å². The minimum atomic E-state index is -4.40. The summed E-state index contributed by atoms with van der Waals surface area (Å²) in [5, 5.41) is 13.9. The second kappa shape index (κ2) is 7.67. The molecule has 1 amide bonds. The van der Waals surface area contributed by atoms with E-state index in [2.05, 4.69) is 10.3 Å². The molecule has 2 N–H and O–H groups in total. The second-order valence-electron chi connectivity index (χ2n) is 6.47. The Morgan fingerprint density at radius 1 is 1.11 bits per heavy atom. The van der Waals surface area contributed by atoms with Crippen LogP contribution in [0.5, 0.6) is 0 Å². The Bertz CT molecular complexity index is 825. The first-order valence-electron chi connectivity index (χ1n) is 8.41. The summed E-state index contributed by atoms with van der Waals surface area (Å²) in [6, 6.07) is 4.53. The summed E-state index contributed by atoms with van der Waals surface area (Å²) in [4.78, 5) is 27.5. The Labute approximate surface area is 157 Å². The summed E-state index contributed by atoms with van der Waals surface area (Å²) in [6.45, 7) is 0. The monoisotopic (exact) mass is 398 g/mol. The van der Waals surface area contributed by atoms with Crippen molar-refractivity contribution in [2.45, 2.75) is 37.9 Å². The third kappa shape index (κ3) is 4.65. The molecular formula is C18H17F3N2O3S. The van der Waals surface area contributed by atoms with E-state index < -0.39 is 17.7 Å². The highest BCUT2D eigenvalue weighted by molar-refractivity contribution is 7.13. The Kier molecular flexibility index (Phi) is 5.50. The maximum absolute atomic E-state index is 12.6. The number of amides is 1. The van der Waals surface area contributed by atoms with Crippen molar-refractivity contribution in [3.05, 3.63) is 40.9 Å². The van der Waals surface area contributed by atoms with Crippen LogP contribution in [0.1, 0.15) is 41.7 Å². The van der Waals surface area contributed by atoms with Crippen molar-refractivity contribution in [2.75, 3.05) is 0 Å². The minimum Gasteiger partial charge on any atom is -0.481 e. The molecule has 1 fully saturated rings. The van der Waals surface area contributed by atoms with Crippen LogP contribution in [-0.4, -0.2) is 28.0 Å². The number of nitrogens with one attached hydrogen (secondary N) is 1. The van der Waals surface area contributed by atoms with Gasteiger partial charge in [0.1, 0.15) is 10.7 Å². The maximum atomic E-state index is 12.6. The lowest BCUT2D eigenvalue weighted by molar-refractivity contribution is -0.143. The summed E-state index contributed by atoms with van der Waals surface area (Å²) < 4.78 is 37.9. The Morgan fingerprint density at radius 2 is 1.74 bits per heavy atom. The highest BCUT2D eigenvalue weighted by Gasteiger charge is 2.30. The molecule has 0 aliphatic heterocycles. The van der Waals surface area contributed by atoms with Gasteiger partial charge in [0.25, 0.3) is 5.91 Å². The third-order valence-electron chi connectivity index (χ3n) is 4.61. The van der Waals surface area contributed by atoms with E-state index in [1.165, 1.54) is 23.5 Å². The zero-order valence-corrected chi connectivity index (χ0v) is 14.9. The molecule has 0 unspecified atom stereocenters. The first kappa shape index (κ1) is 19.3. The number of aliphatic carboxylic acids is 1. The van der Waals surface area contributed by atoms with Gasteiger partial charge in [-0.3, -0.25) is 9.59 Å². The Hall–Kier alpha value is -2.42. The summed E-state index contributed by atoms with van der Waals surface area (Å²) in [7, 11) is 0. The Morgan fingerprint density at radius 3 is 2.30 bits per heavy atom. The predicted octanol–water partition coefficient (Wildman–Crippen LogP) is 4.20. The lowest BCUT2D eigenvalue weighted by Crippen LogP contribution is -2.38. The van der Waals surface area contributed by atoms with Crippen LogP contribution in [0, 0.1) is 5.92 Å². The van der Waals surface area contributed by atoms with E-state index in [0.717, 1.165) is 12.1 Å². The number of carbonyl (C=O) groups excluding carboxylic acids is 1. The highest BCUT2D eigenvalue weighted by Crippen LogP contribution is 2.32. The molecule has 1 aromatic carbocycles. The number of alkyl halides is 3. The number of rotatable bonds is 4. The number of nitrogens with zero attached hydrogens (tertiary/aromatic N) is 1. The van der Waals surface area contributed by atoms with Crippen LogP contribution in [0.15, 0.2) is 29.6 Å². The lowest BCUT2D eigenvalue weighted by Gasteiger charge is -2.26. The molecule has 3 rings (SSSR count). The molecule has 0 bridgehead atoms. The van der Waals surface area contributed by atoms with Crippen LogP contribution in [0.25, 0.3) is 10.6 Å². The quantitative estimate of drug-likeness (QED) is 0.809. The number of carbonyl (C=O) groups is 2. The standard InChI is InChI=1S/C18H17F3N2O3S/c19-18(20,21)12-5-1-10(2-6-12)16-23-14(9-27-16)15(24)22-13-7-3-11(4-8-13)17(25)26/h1-2,5-6,9,11,13H,3-4,7-8H2,(H,22,24)(H,25,26). The van der Waals surface area contributed by atoms with Gasteiger partial charge in [-0.2, -0.15) is 13.2 Å². The normalized spacial score (nSPS) is 20.3. The first-order chi connectivity index (χ1) is 12.7. The van der Waals surface area contributed by atoms with Crippen molar-refractivity contribution in [1.82, 2.24) is 10.3 Å². The van der Waals surface area contributed by atoms with E-state index in [4.69, 9.17) is 5.11 Å². The highest BCUT2D eigenvalue weighted by atomic mass is 32.1. The molecule has 1 aliphatic carbocycles. The second-order valence-corrected chi connectivity index (χ2v) is 7.33. The summed E-state index contributed by atoms with van der Waals surface area (Å²) >= 11 is 1.18. The van der Waals surface area contributed by atoms with E-state index in [9.17, 15) is 22.8 Å². The fraction of sp³-hybridized carbons (Fsp3) is 0.389. The smallest absolute Gasteiger partial charge is 0.416 e. The van der Waals surface area contributed by atoms with Crippen LogP contribution in [0.3, 0.4) is 0 Å². The zero-order valence-electron chi connectivity index (χ0n) is 14.1. The largest absolute Gasteiger partial charge is 0.481 e. The minimum absolute atomic E-state index is 0.0932.